The van der Waals surface area contributed by atoms with Gasteiger partial charge < -0.3 is 10.0 Å². The van der Waals surface area contributed by atoms with Crippen LogP contribution >= 0.6 is 0 Å². The molecule has 6 nitrogen and oxygen atoms in total. The Morgan fingerprint density at radius 3 is 2.81 bits per heavy atom. The van der Waals surface area contributed by atoms with E-state index in [1.165, 1.54) is 12.1 Å². The molecule has 0 saturated heterocycles. The van der Waals surface area contributed by atoms with Crippen LogP contribution < -0.4 is 5.56 Å². The lowest BCUT2D eigenvalue weighted by atomic mass is 10.3. The van der Waals surface area contributed by atoms with Crippen LogP contribution in [0.1, 0.15) is 23.3 Å². The lowest BCUT2D eigenvalue weighted by molar-refractivity contribution is 0.0700. The number of aromatic nitrogens is 2. The standard InChI is InChI=1S/C10H13N3O3/c14-6-5-13(7-1-2-7)10(16)8-3-4-9(15)12-11-8/h3-4,7,14H,1-2,5-6H2,(H,12,15). The fraction of sp³-hybridized carbons (Fsp3) is 0.500. The van der Waals surface area contributed by atoms with E-state index < -0.39 is 0 Å². The Morgan fingerprint density at radius 2 is 2.31 bits per heavy atom. The van der Waals surface area contributed by atoms with Gasteiger partial charge in [-0.15, -0.1) is 0 Å². The summed E-state index contributed by atoms with van der Waals surface area (Å²) in [6, 6.07) is 2.88. The van der Waals surface area contributed by atoms with Crippen LogP contribution in [0.15, 0.2) is 16.9 Å². The highest BCUT2D eigenvalue weighted by molar-refractivity contribution is 5.92. The number of hydrogen-bond acceptors (Lipinski definition) is 4. The maximum atomic E-state index is 12.0. The fourth-order valence-corrected chi connectivity index (χ4v) is 1.55. The molecule has 0 radical (unpaired) electrons. The fourth-order valence-electron chi connectivity index (χ4n) is 1.55. The Balaban J connectivity index is 2.15. The average molecular weight is 223 g/mol. The minimum atomic E-state index is -0.336. The van der Waals surface area contributed by atoms with Crippen LogP contribution in [-0.4, -0.2) is 45.3 Å². The second-order valence-electron chi connectivity index (χ2n) is 3.76. The van der Waals surface area contributed by atoms with Crippen molar-refractivity contribution in [2.75, 3.05) is 13.2 Å². The Hall–Kier alpha value is -1.69. The van der Waals surface area contributed by atoms with Gasteiger partial charge in [0.05, 0.1) is 6.61 Å². The zero-order valence-electron chi connectivity index (χ0n) is 8.72. The van der Waals surface area contributed by atoms with Gasteiger partial charge in [-0.1, -0.05) is 0 Å². The van der Waals surface area contributed by atoms with Crippen molar-refractivity contribution in [2.24, 2.45) is 0 Å². The lowest BCUT2D eigenvalue weighted by Gasteiger charge is -2.20. The molecule has 0 aliphatic heterocycles. The Bertz CT molecular complexity index is 419. The second-order valence-corrected chi connectivity index (χ2v) is 3.76. The Kier molecular flexibility index (Phi) is 3.00. The predicted octanol–water partition coefficient (Wildman–Crippen LogP) is -0.633. The van der Waals surface area contributed by atoms with Crippen LogP contribution in [0.3, 0.4) is 0 Å². The number of carbonyl (C=O) groups excluding carboxylic acids is 1. The molecule has 1 aliphatic rings. The first kappa shape index (κ1) is 10.8. The van der Waals surface area contributed by atoms with E-state index in [9.17, 15) is 9.59 Å². The molecule has 2 N–H and O–H groups in total. The molecular weight excluding hydrogens is 210 g/mol. The maximum absolute atomic E-state index is 12.0. The number of nitrogens with zero attached hydrogens (tertiary/aromatic N) is 2. The number of aliphatic hydroxyl groups is 1. The van der Waals surface area contributed by atoms with Gasteiger partial charge in [-0.05, 0) is 18.9 Å². The molecule has 1 amide bonds. The summed E-state index contributed by atoms with van der Waals surface area (Å²) >= 11 is 0. The molecule has 0 atom stereocenters. The minimum absolute atomic E-state index is 0.0639. The van der Waals surface area contributed by atoms with Gasteiger partial charge in [-0.2, -0.15) is 5.10 Å². The third kappa shape index (κ3) is 2.27. The van der Waals surface area contributed by atoms with Gasteiger partial charge in [0.1, 0.15) is 5.69 Å². The highest BCUT2D eigenvalue weighted by atomic mass is 16.3. The van der Waals surface area contributed by atoms with E-state index in [2.05, 4.69) is 10.2 Å². The molecule has 1 saturated carbocycles. The molecule has 86 valence electrons. The SMILES string of the molecule is O=C(c1ccc(=O)[nH]n1)N(CCO)C1CC1. The number of nitrogens with one attached hydrogen (secondary N) is 1. The molecule has 1 aliphatic carbocycles. The number of amides is 1. The Morgan fingerprint density at radius 1 is 1.56 bits per heavy atom. The smallest absolute Gasteiger partial charge is 0.274 e. The maximum Gasteiger partial charge on any atom is 0.274 e. The summed E-state index contributed by atoms with van der Waals surface area (Å²) in [5, 5.41) is 14.8. The summed E-state index contributed by atoms with van der Waals surface area (Å²) in [5.41, 5.74) is -0.128. The van der Waals surface area contributed by atoms with Gasteiger partial charge in [0, 0.05) is 18.7 Å². The van der Waals surface area contributed by atoms with Gasteiger partial charge in [-0.3, -0.25) is 9.59 Å². The van der Waals surface area contributed by atoms with Crippen molar-refractivity contribution in [3.63, 3.8) is 0 Å². The second kappa shape index (κ2) is 4.44. The number of carbonyl (C=O) groups is 1. The largest absolute Gasteiger partial charge is 0.395 e. The van der Waals surface area contributed by atoms with Crippen molar-refractivity contribution in [1.82, 2.24) is 15.1 Å². The van der Waals surface area contributed by atoms with E-state index in [1.807, 2.05) is 0 Å². The van der Waals surface area contributed by atoms with Gasteiger partial charge in [0.25, 0.3) is 11.5 Å². The summed E-state index contributed by atoms with van der Waals surface area (Å²) < 4.78 is 0. The van der Waals surface area contributed by atoms with Gasteiger partial charge in [-0.25, -0.2) is 5.10 Å². The third-order valence-corrected chi connectivity index (χ3v) is 2.49. The topological polar surface area (TPSA) is 86.3 Å². The normalized spacial score (nSPS) is 14.8. The van der Waals surface area contributed by atoms with Crippen molar-refractivity contribution in [3.8, 4) is 0 Å². The van der Waals surface area contributed by atoms with E-state index in [0.29, 0.717) is 6.54 Å². The first-order valence-electron chi connectivity index (χ1n) is 5.20. The van der Waals surface area contributed by atoms with Gasteiger partial charge in [0.2, 0.25) is 0 Å². The third-order valence-electron chi connectivity index (χ3n) is 2.49. The summed E-state index contributed by atoms with van der Waals surface area (Å²) in [4.78, 5) is 24.4. The molecule has 0 aromatic carbocycles. The summed E-state index contributed by atoms with van der Waals surface area (Å²) in [6.45, 7) is 0.246. The van der Waals surface area contributed by atoms with Crippen LogP contribution in [0.25, 0.3) is 0 Å². The van der Waals surface area contributed by atoms with Crippen molar-refractivity contribution in [3.05, 3.63) is 28.2 Å². The first-order valence-corrected chi connectivity index (χ1v) is 5.20. The average Bonchev–Trinajstić information content (AvgIpc) is 3.10. The first-order chi connectivity index (χ1) is 7.72. The van der Waals surface area contributed by atoms with Crippen molar-refractivity contribution in [2.45, 2.75) is 18.9 Å². The number of rotatable bonds is 4. The van der Waals surface area contributed by atoms with Crippen molar-refractivity contribution in [1.29, 1.82) is 0 Å². The summed E-state index contributed by atoms with van der Waals surface area (Å²) in [6.07, 6.45) is 1.93. The van der Waals surface area contributed by atoms with E-state index >= 15 is 0 Å². The molecule has 1 fully saturated rings. The van der Waals surface area contributed by atoms with Crippen molar-refractivity contribution < 1.29 is 9.90 Å². The quantitative estimate of drug-likeness (QED) is 0.711. The van der Waals surface area contributed by atoms with Crippen LogP contribution in [0.4, 0.5) is 0 Å². The van der Waals surface area contributed by atoms with E-state index in [1.54, 1.807) is 4.90 Å². The van der Waals surface area contributed by atoms with Crippen LogP contribution in [0.5, 0.6) is 0 Å². The Labute approximate surface area is 91.9 Å². The highest BCUT2D eigenvalue weighted by Gasteiger charge is 2.33. The number of aromatic amines is 1. The molecule has 2 rings (SSSR count). The molecule has 0 unspecified atom stereocenters. The molecule has 16 heavy (non-hydrogen) atoms. The van der Waals surface area contributed by atoms with Crippen molar-refractivity contribution >= 4 is 5.91 Å². The highest BCUT2D eigenvalue weighted by Crippen LogP contribution is 2.27. The van der Waals surface area contributed by atoms with Crippen LogP contribution in [0, 0.1) is 0 Å². The van der Waals surface area contributed by atoms with E-state index in [4.69, 9.17) is 5.11 Å². The van der Waals surface area contributed by atoms with E-state index in [0.717, 1.165) is 12.8 Å². The zero-order valence-corrected chi connectivity index (χ0v) is 8.72. The van der Waals surface area contributed by atoms with E-state index in [-0.39, 0.29) is 29.8 Å². The van der Waals surface area contributed by atoms with Crippen LogP contribution in [0.2, 0.25) is 0 Å². The molecule has 6 heteroatoms. The minimum Gasteiger partial charge on any atom is -0.395 e. The molecule has 1 aromatic rings. The zero-order chi connectivity index (χ0) is 11.5. The lowest BCUT2D eigenvalue weighted by Crippen LogP contribution is -2.36. The van der Waals surface area contributed by atoms with Gasteiger partial charge >= 0.3 is 0 Å². The molecule has 1 aromatic heterocycles. The number of hydrogen-bond donors (Lipinski definition) is 2. The monoisotopic (exact) mass is 223 g/mol. The number of H-pyrrole nitrogens is 1. The molecule has 0 spiro atoms. The van der Waals surface area contributed by atoms with Gasteiger partial charge in [0.15, 0.2) is 0 Å². The molecule has 1 heterocycles. The molecular formula is C10H13N3O3. The summed E-state index contributed by atoms with van der Waals surface area (Å²) in [7, 11) is 0. The molecule has 0 bridgehead atoms. The van der Waals surface area contributed by atoms with Crippen LogP contribution in [-0.2, 0) is 0 Å². The summed E-state index contributed by atoms with van der Waals surface area (Å²) in [5.74, 6) is -0.243. The number of aliphatic hydroxyl groups excluding tert-OH is 1. The predicted molar refractivity (Wildman–Crippen MR) is 56.0 cm³/mol.